The van der Waals surface area contributed by atoms with Crippen LogP contribution in [0.5, 0.6) is 0 Å². The molecule has 1 amide bonds. The van der Waals surface area contributed by atoms with Crippen LogP contribution in [0.1, 0.15) is 34.3 Å². The molecule has 1 aliphatic rings. The Morgan fingerprint density at radius 2 is 2.17 bits per heavy atom. The zero-order valence-corrected chi connectivity index (χ0v) is 13.5. The molecular weight excluding hydrogens is 307 g/mol. The molecule has 2 aromatic rings. The van der Waals surface area contributed by atoms with Gasteiger partial charge in [0.15, 0.2) is 0 Å². The van der Waals surface area contributed by atoms with E-state index in [-0.39, 0.29) is 11.7 Å². The number of hydrazone groups is 1. The topological polar surface area (TPSA) is 57.6 Å². The maximum Gasteiger partial charge on any atom is 0.272 e. The molecule has 24 heavy (non-hydrogen) atoms. The molecule has 0 radical (unpaired) electrons. The van der Waals surface area contributed by atoms with Crippen LogP contribution in [0.25, 0.3) is 0 Å². The van der Waals surface area contributed by atoms with Gasteiger partial charge < -0.3 is 4.90 Å². The monoisotopic (exact) mass is 326 g/mol. The number of amides is 1. The van der Waals surface area contributed by atoms with Gasteiger partial charge in [0.2, 0.25) is 0 Å². The number of aryl methyl sites for hydroxylation is 1. The van der Waals surface area contributed by atoms with Crippen LogP contribution >= 0.6 is 0 Å². The zero-order chi connectivity index (χ0) is 16.9. The fraction of sp³-hybridized carbons (Fsp3) is 0.278. The number of halogens is 1. The first-order chi connectivity index (χ1) is 11.6. The highest BCUT2D eigenvalue weighted by Crippen LogP contribution is 2.26. The van der Waals surface area contributed by atoms with Crippen molar-refractivity contribution in [2.45, 2.75) is 19.8 Å². The molecule has 1 aliphatic heterocycles. The molecule has 6 heteroatoms. The van der Waals surface area contributed by atoms with Crippen LogP contribution in [0.3, 0.4) is 0 Å². The van der Waals surface area contributed by atoms with Gasteiger partial charge in [-0.05, 0) is 49.6 Å². The van der Waals surface area contributed by atoms with E-state index in [4.69, 9.17) is 0 Å². The third kappa shape index (κ3) is 3.59. The average Bonchev–Trinajstić information content (AvgIpc) is 3.12. The molecule has 1 N–H and O–H groups in total. The maximum atomic E-state index is 14.3. The number of nitrogens with zero attached hydrogens (tertiary/aromatic N) is 3. The van der Waals surface area contributed by atoms with E-state index in [9.17, 15) is 9.18 Å². The Bertz CT molecular complexity index is 755. The van der Waals surface area contributed by atoms with Crippen LogP contribution in [-0.2, 0) is 0 Å². The number of pyridine rings is 1. The van der Waals surface area contributed by atoms with Gasteiger partial charge in [0, 0.05) is 31.0 Å². The van der Waals surface area contributed by atoms with Gasteiger partial charge in [0.05, 0.1) is 17.5 Å². The van der Waals surface area contributed by atoms with Gasteiger partial charge in [-0.25, -0.2) is 9.82 Å². The Morgan fingerprint density at radius 3 is 2.88 bits per heavy atom. The minimum absolute atomic E-state index is 0.262. The van der Waals surface area contributed by atoms with Crippen molar-refractivity contribution < 1.29 is 9.18 Å². The number of hydrogen-bond donors (Lipinski definition) is 1. The molecule has 3 rings (SSSR count). The highest BCUT2D eigenvalue weighted by atomic mass is 19.1. The van der Waals surface area contributed by atoms with Gasteiger partial charge in [0.25, 0.3) is 5.91 Å². The van der Waals surface area contributed by atoms with E-state index >= 15 is 0 Å². The van der Waals surface area contributed by atoms with Gasteiger partial charge in [-0.1, -0.05) is 0 Å². The minimum atomic E-state index is -0.355. The molecule has 1 fully saturated rings. The fourth-order valence-corrected chi connectivity index (χ4v) is 2.74. The predicted molar refractivity (Wildman–Crippen MR) is 91.9 cm³/mol. The second-order valence-electron chi connectivity index (χ2n) is 5.80. The third-order valence-electron chi connectivity index (χ3n) is 4.08. The highest BCUT2D eigenvalue weighted by Gasteiger charge is 2.17. The number of benzene rings is 1. The van der Waals surface area contributed by atoms with E-state index < -0.39 is 0 Å². The molecule has 0 bridgehead atoms. The summed E-state index contributed by atoms with van der Waals surface area (Å²) in [5.41, 5.74) is 5.04. The van der Waals surface area contributed by atoms with E-state index in [2.05, 4.69) is 20.4 Å². The zero-order valence-electron chi connectivity index (χ0n) is 13.5. The quantitative estimate of drug-likeness (QED) is 0.694. The van der Waals surface area contributed by atoms with Gasteiger partial charge in [-0.2, -0.15) is 5.10 Å². The summed E-state index contributed by atoms with van der Waals surface area (Å²) in [6, 6.07) is 6.62. The van der Waals surface area contributed by atoms with E-state index in [1.54, 1.807) is 18.3 Å². The van der Waals surface area contributed by atoms with E-state index in [1.165, 1.54) is 18.5 Å². The SMILES string of the molecule is Cc1cc(N2CCCC2)c(F)cc1/C=N/NC(=O)c1cccnc1. The molecule has 1 saturated heterocycles. The number of carbonyl (C=O) groups is 1. The number of anilines is 1. The summed E-state index contributed by atoms with van der Waals surface area (Å²) >= 11 is 0. The van der Waals surface area contributed by atoms with Crippen molar-refractivity contribution >= 4 is 17.8 Å². The molecule has 0 spiro atoms. The summed E-state index contributed by atoms with van der Waals surface area (Å²) in [4.78, 5) is 17.8. The summed E-state index contributed by atoms with van der Waals surface area (Å²) in [6.07, 6.45) is 6.71. The Morgan fingerprint density at radius 1 is 1.38 bits per heavy atom. The maximum absolute atomic E-state index is 14.3. The van der Waals surface area contributed by atoms with Crippen molar-refractivity contribution in [1.82, 2.24) is 10.4 Å². The van der Waals surface area contributed by atoms with Crippen molar-refractivity contribution in [3.05, 3.63) is 59.2 Å². The van der Waals surface area contributed by atoms with Gasteiger partial charge in [-0.15, -0.1) is 0 Å². The second kappa shape index (κ2) is 7.21. The standard InChI is InChI=1S/C18H19FN4O/c1-13-9-17(23-7-2-3-8-23)16(19)10-15(13)12-21-22-18(24)14-5-4-6-20-11-14/h4-6,9-12H,2-3,7-8H2,1H3,(H,22,24)/b21-12+. The molecule has 5 nitrogen and oxygen atoms in total. The Hall–Kier alpha value is -2.76. The summed E-state index contributed by atoms with van der Waals surface area (Å²) in [5, 5.41) is 3.91. The summed E-state index contributed by atoms with van der Waals surface area (Å²) in [6.45, 7) is 3.69. The smallest absolute Gasteiger partial charge is 0.272 e. The molecule has 2 heterocycles. The van der Waals surface area contributed by atoms with E-state index in [1.807, 2.05) is 13.0 Å². The van der Waals surface area contributed by atoms with Gasteiger partial charge in [0.1, 0.15) is 5.82 Å². The number of carbonyl (C=O) groups excluding carboxylic acids is 1. The molecular formula is C18H19FN4O. The Kier molecular flexibility index (Phi) is 4.84. The lowest BCUT2D eigenvalue weighted by atomic mass is 10.1. The Labute approximate surface area is 140 Å². The number of aromatic nitrogens is 1. The van der Waals surface area contributed by atoms with Crippen molar-refractivity contribution in [2.75, 3.05) is 18.0 Å². The lowest BCUT2D eigenvalue weighted by molar-refractivity contribution is 0.0955. The Balaban J connectivity index is 1.71. The molecule has 124 valence electrons. The first kappa shape index (κ1) is 16.1. The van der Waals surface area contributed by atoms with Crippen molar-refractivity contribution in [3.8, 4) is 0 Å². The minimum Gasteiger partial charge on any atom is -0.369 e. The van der Waals surface area contributed by atoms with E-state index in [0.29, 0.717) is 16.8 Å². The third-order valence-corrected chi connectivity index (χ3v) is 4.08. The summed E-state index contributed by atoms with van der Waals surface area (Å²) in [7, 11) is 0. The number of rotatable bonds is 4. The summed E-state index contributed by atoms with van der Waals surface area (Å²) < 4.78 is 14.3. The molecule has 0 unspecified atom stereocenters. The molecule has 0 atom stereocenters. The first-order valence-electron chi connectivity index (χ1n) is 7.93. The second-order valence-corrected chi connectivity index (χ2v) is 5.80. The van der Waals surface area contributed by atoms with Crippen LogP contribution < -0.4 is 10.3 Å². The van der Waals surface area contributed by atoms with Crippen LogP contribution in [0.4, 0.5) is 10.1 Å². The van der Waals surface area contributed by atoms with Gasteiger partial charge in [-0.3, -0.25) is 9.78 Å². The predicted octanol–water partition coefficient (Wildman–Crippen LogP) is 2.89. The largest absolute Gasteiger partial charge is 0.369 e. The first-order valence-corrected chi connectivity index (χ1v) is 7.93. The van der Waals surface area contributed by atoms with Crippen LogP contribution in [-0.4, -0.2) is 30.2 Å². The van der Waals surface area contributed by atoms with Crippen molar-refractivity contribution in [1.29, 1.82) is 0 Å². The molecule has 0 aliphatic carbocycles. The molecule has 0 saturated carbocycles. The summed E-state index contributed by atoms with van der Waals surface area (Å²) in [5.74, 6) is -0.617. The van der Waals surface area contributed by atoms with Gasteiger partial charge >= 0.3 is 0 Å². The fourth-order valence-electron chi connectivity index (χ4n) is 2.74. The highest BCUT2D eigenvalue weighted by molar-refractivity contribution is 5.94. The van der Waals surface area contributed by atoms with E-state index in [0.717, 1.165) is 31.5 Å². The lowest BCUT2D eigenvalue weighted by Gasteiger charge is -2.19. The number of nitrogens with one attached hydrogen (secondary N) is 1. The van der Waals surface area contributed by atoms with Crippen molar-refractivity contribution in [2.24, 2.45) is 5.10 Å². The van der Waals surface area contributed by atoms with Crippen LogP contribution in [0, 0.1) is 12.7 Å². The van der Waals surface area contributed by atoms with Crippen LogP contribution in [0.15, 0.2) is 41.8 Å². The normalized spacial score (nSPS) is 14.3. The van der Waals surface area contributed by atoms with Crippen molar-refractivity contribution in [3.63, 3.8) is 0 Å². The molecule has 1 aromatic heterocycles. The number of hydrogen-bond acceptors (Lipinski definition) is 4. The van der Waals surface area contributed by atoms with Crippen LogP contribution in [0.2, 0.25) is 0 Å². The average molecular weight is 326 g/mol. The molecule has 1 aromatic carbocycles. The lowest BCUT2D eigenvalue weighted by Crippen LogP contribution is -2.19.